The van der Waals surface area contributed by atoms with Gasteiger partial charge in [-0.3, -0.25) is 0 Å². The molecule has 0 atom stereocenters. The second kappa shape index (κ2) is 4.45. The van der Waals surface area contributed by atoms with Crippen molar-refractivity contribution in [1.82, 2.24) is 5.01 Å². The molecule has 0 radical (unpaired) electrons. The third-order valence-corrected chi connectivity index (χ3v) is 2.90. The highest BCUT2D eigenvalue weighted by molar-refractivity contribution is 9.12. The number of hydrogen-bond acceptors (Lipinski definition) is 2. The largest absolute Gasteiger partial charge is 0.240 e. The van der Waals surface area contributed by atoms with Crippen molar-refractivity contribution in [2.75, 3.05) is 0 Å². The molecule has 1 heterocycles. The molecular weight excluding hydrogens is 252 g/mol. The molecule has 2 nitrogen and oxygen atoms in total. The van der Waals surface area contributed by atoms with Crippen LogP contribution in [0.4, 0.5) is 0 Å². The van der Waals surface area contributed by atoms with Gasteiger partial charge in [0.15, 0.2) is 0 Å². The van der Waals surface area contributed by atoms with Crippen molar-refractivity contribution < 1.29 is 0 Å². The zero-order valence-electron chi connectivity index (χ0n) is 8.23. The van der Waals surface area contributed by atoms with E-state index in [2.05, 4.69) is 39.9 Å². The molecule has 1 aliphatic carbocycles. The highest BCUT2D eigenvalue weighted by Gasteiger charge is 2.15. The monoisotopic (exact) mass is 262 g/mol. The van der Waals surface area contributed by atoms with Gasteiger partial charge < -0.3 is 0 Å². The van der Waals surface area contributed by atoms with E-state index in [1.54, 1.807) is 5.01 Å². The van der Waals surface area contributed by atoms with Gasteiger partial charge in [0.05, 0.1) is 5.70 Å². The molecule has 0 unspecified atom stereocenters. The highest BCUT2D eigenvalue weighted by atomic mass is 79.9. The van der Waals surface area contributed by atoms with E-state index in [9.17, 15) is 0 Å². The first-order chi connectivity index (χ1) is 7.33. The van der Waals surface area contributed by atoms with Gasteiger partial charge in [-0.2, -0.15) is 5.10 Å². The van der Waals surface area contributed by atoms with Gasteiger partial charge in [0.1, 0.15) is 0 Å². The number of allylic oxidation sites excluding steroid dienone is 8. The average Bonchev–Trinajstić information content (AvgIpc) is 2.29. The van der Waals surface area contributed by atoms with Gasteiger partial charge in [-0.1, -0.05) is 24.3 Å². The Morgan fingerprint density at radius 3 is 2.87 bits per heavy atom. The fourth-order valence-corrected chi connectivity index (χ4v) is 2.17. The Kier molecular flexibility index (Phi) is 3.02. The summed E-state index contributed by atoms with van der Waals surface area (Å²) in [6.45, 7) is 3.56. The van der Waals surface area contributed by atoms with Crippen LogP contribution < -0.4 is 0 Å². The predicted octanol–water partition coefficient (Wildman–Crippen LogP) is 3.48. The van der Waals surface area contributed by atoms with Gasteiger partial charge in [-0.05, 0) is 40.1 Å². The molecule has 0 aromatic carbocycles. The first-order valence-corrected chi connectivity index (χ1v) is 5.49. The minimum Gasteiger partial charge on any atom is -0.240 e. The lowest BCUT2D eigenvalue weighted by Gasteiger charge is -2.23. The Morgan fingerprint density at radius 1 is 1.33 bits per heavy atom. The molecule has 0 aromatic heterocycles. The Hall–Kier alpha value is -1.35. The minimum atomic E-state index is 0.925. The van der Waals surface area contributed by atoms with Crippen molar-refractivity contribution >= 4 is 22.6 Å². The Balaban J connectivity index is 2.44. The Morgan fingerprint density at radius 2 is 2.20 bits per heavy atom. The molecule has 0 saturated carbocycles. The third-order valence-electron chi connectivity index (χ3n) is 2.26. The van der Waals surface area contributed by atoms with Crippen LogP contribution in [0.25, 0.3) is 0 Å². The first kappa shape index (κ1) is 10.2. The molecule has 0 fully saturated rings. The van der Waals surface area contributed by atoms with E-state index in [4.69, 9.17) is 0 Å². The molecule has 0 N–H and O–H groups in total. The maximum Gasteiger partial charge on any atom is 0.0822 e. The Labute approximate surface area is 97.8 Å². The standard InChI is InChI=1S/C12H11BrN2/c1-14-15-9-5-8-11(13)12(15)10-6-3-2-4-7-10/h2-6,8-9H,1,7H2/b12-10-. The van der Waals surface area contributed by atoms with Crippen LogP contribution in [0.15, 0.2) is 63.5 Å². The molecule has 2 rings (SSSR count). The van der Waals surface area contributed by atoms with E-state index in [0.29, 0.717) is 0 Å². The van der Waals surface area contributed by atoms with Gasteiger partial charge in [0, 0.05) is 17.4 Å². The fourth-order valence-electron chi connectivity index (χ4n) is 1.58. The minimum absolute atomic E-state index is 0.925. The maximum atomic E-state index is 3.96. The molecule has 0 saturated heterocycles. The van der Waals surface area contributed by atoms with Gasteiger partial charge in [0.25, 0.3) is 0 Å². The lowest BCUT2D eigenvalue weighted by Crippen LogP contribution is -2.14. The predicted molar refractivity (Wildman–Crippen MR) is 67.5 cm³/mol. The van der Waals surface area contributed by atoms with Crippen LogP contribution in [0.2, 0.25) is 0 Å². The normalized spacial score (nSPS) is 24.3. The molecule has 0 amide bonds. The molecule has 76 valence electrons. The summed E-state index contributed by atoms with van der Waals surface area (Å²) in [6, 6.07) is 0. The third kappa shape index (κ3) is 2.02. The number of hydrazone groups is 1. The van der Waals surface area contributed by atoms with E-state index < -0.39 is 0 Å². The Bertz CT molecular complexity index is 425. The van der Waals surface area contributed by atoms with Crippen LogP contribution in [0, 0.1) is 0 Å². The van der Waals surface area contributed by atoms with Crippen molar-refractivity contribution in [3.63, 3.8) is 0 Å². The van der Waals surface area contributed by atoms with E-state index >= 15 is 0 Å². The highest BCUT2D eigenvalue weighted by Crippen LogP contribution is 2.31. The van der Waals surface area contributed by atoms with Crippen molar-refractivity contribution in [3.05, 3.63) is 58.4 Å². The van der Waals surface area contributed by atoms with Crippen LogP contribution in [0.1, 0.15) is 6.42 Å². The van der Waals surface area contributed by atoms with Gasteiger partial charge in [-0.15, -0.1) is 0 Å². The summed E-state index contributed by atoms with van der Waals surface area (Å²) in [6.07, 6.45) is 15.1. The summed E-state index contributed by atoms with van der Waals surface area (Å²) in [7, 11) is 0. The topological polar surface area (TPSA) is 15.6 Å². The number of halogens is 1. The number of rotatable bonds is 1. The van der Waals surface area contributed by atoms with Gasteiger partial charge in [0.2, 0.25) is 0 Å². The summed E-state index contributed by atoms with van der Waals surface area (Å²) in [5.41, 5.74) is 2.30. The molecule has 0 aromatic rings. The van der Waals surface area contributed by atoms with E-state index in [1.165, 1.54) is 5.57 Å². The molecule has 0 bridgehead atoms. The van der Waals surface area contributed by atoms with Crippen molar-refractivity contribution in [2.45, 2.75) is 6.42 Å². The molecule has 3 heteroatoms. The maximum absolute atomic E-state index is 3.96. The average molecular weight is 263 g/mol. The van der Waals surface area contributed by atoms with E-state index in [-0.39, 0.29) is 0 Å². The molecule has 1 aliphatic heterocycles. The second-order valence-electron chi connectivity index (χ2n) is 3.21. The summed E-state index contributed by atoms with van der Waals surface area (Å²) >= 11 is 3.54. The zero-order chi connectivity index (χ0) is 10.7. The van der Waals surface area contributed by atoms with Crippen molar-refractivity contribution in [2.24, 2.45) is 5.10 Å². The van der Waals surface area contributed by atoms with E-state index in [1.807, 2.05) is 30.5 Å². The van der Waals surface area contributed by atoms with Crippen LogP contribution in [-0.4, -0.2) is 11.7 Å². The van der Waals surface area contributed by atoms with Crippen LogP contribution >= 0.6 is 15.9 Å². The van der Waals surface area contributed by atoms with Gasteiger partial charge >= 0.3 is 0 Å². The summed E-state index contributed by atoms with van der Waals surface area (Å²) in [5, 5.41) is 5.75. The summed E-state index contributed by atoms with van der Waals surface area (Å²) in [4.78, 5) is 0. The van der Waals surface area contributed by atoms with Crippen molar-refractivity contribution in [1.29, 1.82) is 0 Å². The molecule has 15 heavy (non-hydrogen) atoms. The van der Waals surface area contributed by atoms with Crippen LogP contribution in [0.5, 0.6) is 0 Å². The zero-order valence-corrected chi connectivity index (χ0v) is 9.81. The molecule has 2 aliphatic rings. The lowest BCUT2D eigenvalue weighted by molar-refractivity contribution is 0.507. The summed E-state index contributed by atoms with van der Waals surface area (Å²) in [5.74, 6) is 0. The second-order valence-corrected chi connectivity index (χ2v) is 4.06. The van der Waals surface area contributed by atoms with Crippen LogP contribution in [-0.2, 0) is 0 Å². The number of nitrogens with zero attached hydrogens (tertiary/aromatic N) is 2. The lowest BCUT2D eigenvalue weighted by atomic mass is 10.0. The molecular formula is C12H11BrN2. The fraction of sp³-hybridized carbons (Fsp3) is 0.0833. The molecule has 0 spiro atoms. The van der Waals surface area contributed by atoms with Crippen LogP contribution in [0.3, 0.4) is 0 Å². The number of hydrogen-bond donors (Lipinski definition) is 0. The van der Waals surface area contributed by atoms with E-state index in [0.717, 1.165) is 16.6 Å². The quantitative estimate of drug-likeness (QED) is 0.661. The SMILES string of the molecule is C=NN1C=CC=C(Br)/C1=C1\C=CC=CC1. The van der Waals surface area contributed by atoms with Gasteiger partial charge in [-0.25, -0.2) is 5.01 Å². The first-order valence-electron chi connectivity index (χ1n) is 4.69. The smallest absolute Gasteiger partial charge is 0.0822 e. The van der Waals surface area contributed by atoms with Crippen molar-refractivity contribution in [3.8, 4) is 0 Å². The summed E-state index contributed by atoms with van der Waals surface area (Å²) < 4.78 is 1.03.